The van der Waals surface area contributed by atoms with E-state index < -0.39 is 0 Å². The zero-order chi connectivity index (χ0) is 37.7. The summed E-state index contributed by atoms with van der Waals surface area (Å²) in [5, 5.41) is 5.73. The monoisotopic (exact) mass is 746 g/mol. The van der Waals surface area contributed by atoms with E-state index in [2.05, 4.69) is 205 Å². The third kappa shape index (κ3) is 5.86. The molecule has 9 aromatic carbocycles. The fourth-order valence-corrected chi connectivity index (χ4v) is 9.31. The molecule has 0 atom stereocenters. The smallest absolute Gasteiger partial charge is 0.137 e. The van der Waals surface area contributed by atoms with Crippen molar-refractivity contribution >= 4 is 71.3 Å². The molecule has 0 saturated heterocycles. The molecular weight excluding hydrogens is 713 g/mol. The first kappa shape index (κ1) is 33.1. The number of hydrogen-bond acceptors (Lipinski definition) is 4. The molecule has 0 aliphatic heterocycles. The highest BCUT2D eigenvalue weighted by atomic mass is 32.1. The van der Waals surface area contributed by atoms with Crippen molar-refractivity contribution in [3.63, 3.8) is 0 Å². The molecular formula is C53H34N2OS. The fourth-order valence-electron chi connectivity index (χ4n) is 8.19. The quantitative estimate of drug-likeness (QED) is 0.163. The molecule has 0 saturated carbocycles. The van der Waals surface area contributed by atoms with E-state index in [1.54, 1.807) is 11.3 Å². The van der Waals surface area contributed by atoms with Crippen molar-refractivity contribution in [2.24, 2.45) is 0 Å². The second-order valence-corrected chi connectivity index (χ2v) is 15.3. The van der Waals surface area contributed by atoms with Crippen LogP contribution in [0.2, 0.25) is 0 Å². The molecule has 57 heavy (non-hydrogen) atoms. The van der Waals surface area contributed by atoms with Crippen LogP contribution in [-0.4, -0.2) is 4.98 Å². The van der Waals surface area contributed by atoms with Gasteiger partial charge >= 0.3 is 0 Å². The van der Waals surface area contributed by atoms with Gasteiger partial charge in [-0.05, 0) is 105 Å². The molecule has 0 fully saturated rings. The Balaban J connectivity index is 0.977. The van der Waals surface area contributed by atoms with E-state index in [4.69, 9.17) is 9.40 Å². The lowest BCUT2D eigenvalue weighted by atomic mass is 9.92. The molecule has 0 bridgehead atoms. The normalized spacial score (nSPS) is 11.5. The van der Waals surface area contributed by atoms with Crippen LogP contribution in [-0.2, 0) is 0 Å². The van der Waals surface area contributed by atoms with Crippen LogP contribution in [0.15, 0.2) is 211 Å². The van der Waals surface area contributed by atoms with Gasteiger partial charge in [0.15, 0.2) is 0 Å². The Hall–Kier alpha value is -7.27. The average Bonchev–Trinajstić information content (AvgIpc) is 3.89. The highest BCUT2D eigenvalue weighted by Crippen LogP contribution is 2.43. The van der Waals surface area contributed by atoms with E-state index >= 15 is 0 Å². The molecule has 3 nitrogen and oxygen atoms in total. The van der Waals surface area contributed by atoms with Gasteiger partial charge in [-0.15, -0.1) is 11.3 Å². The van der Waals surface area contributed by atoms with Gasteiger partial charge in [0, 0.05) is 33.4 Å². The third-order valence-electron chi connectivity index (χ3n) is 10.9. The van der Waals surface area contributed by atoms with Crippen molar-refractivity contribution in [3.8, 4) is 44.0 Å². The molecule has 11 aromatic rings. The third-order valence-corrected chi connectivity index (χ3v) is 12.0. The lowest BCUT2D eigenvalue weighted by Gasteiger charge is -2.26. The second-order valence-electron chi connectivity index (χ2n) is 14.3. The van der Waals surface area contributed by atoms with E-state index in [-0.39, 0.29) is 0 Å². The van der Waals surface area contributed by atoms with Crippen LogP contribution in [0.5, 0.6) is 0 Å². The Morgan fingerprint density at radius 3 is 1.70 bits per heavy atom. The Morgan fingerprint density at radius 1 is 0.386 bits per heavy atom. The van der Waals surface area contributed by atoms with Crippen molar-refractivity contribution < 1.29 is 4.42 Å². The van der Waals surface area contributed by atoms with Crippen LogP contribution in [0.1, 0.15) is 0 Å². The van der Waals surface area contributed by atoms with Gasteiger partial charge in [-0.1, -0.05) is 146 Å². The maximum atomic E-state index is 6.38. The standard InChI is InChI=1S/C53H34N2OS/c1-4-13-36(14-5-1)43-28-29-44(46-22-11-10-21-45(43)46)39-17-12-20-42(33-39)55(40-18-8-3-9-19-40)41-26-23-35(24-27-41)38-25-31-49-47(34-38)51-50(56-49)32-30-48-52(51)57-53(54-48)37-15-6-2-7-16-37/h1-34H. The topological polar surface area (TPSA) is 29.3 Å². The molecule has 0 unspecified atom stereocenters. The number of hydrogen-bond donors (Lipinski definition) is 0. The molecule has 4 heteroatoms. The minimum Gasteiger partial charge on any atom is -0.456 e. The predicted molar refractivity (Wildman–Crippen MR) is 241 cm³/mol. The van der Waals surface area contributed by atoms with Gasteiger partial charge in [0.2, 0.25) is 0 Å². The summed E-state index contributed by atoms with van der Waals surface area (Å²) in [6.07, 6.45) is 0. The summed E-state index contributed by atoms with van der Waals surface area (Å²) in [4.78, 5) is 7.34. The van der Waals surface area contributed by atoms with E-state index in [1.807, 2.05) is 6.07 Å². The molecule has 0 aliphatic carbocycles. The summed E-state index contributed by atoms with van der Waals surface area (Å²) < 4.78 is 7.53. The van der Waals surface area contributed by atoms with Crippen LogP contribution in [0.4, 0.5) is 17.1 Å². The number of nitrogens with zero attached hydrogens (tertiary/aromatic N) is 2. The lowest BCUT2D eigenvalue weighted by molar-refractivity contribution is 0.669. The predicted octanol–water partition coefficient (Wildman–Crippen LogP) is 15.5. The first-order valence-corrected chi connectivity index (χ1v) is 20.0. The Morgan fingerprint density at radius 2 is 0.965 bits per heavy atom. The van der Waals surface area contributed by atoms with Crippen molar-refractivity contribution in [1.82, 2.24) is 4.98 Å². The number of thiazole rings is 1. The van der Waals surface area contributed by atoms with E-state index in [0.29, 0.717) is 0 Å². The number of furan rings is 1. The lowest BCUT2D eigenvalue weighted by Crippen LogP contribution is -2.09. The largest absolute Gasteiger partial charge is 0.456 e. The Bertz CT molecular complexity index is 3220. The number of para-hydroxylation sites is 1. The van der Waals surface area contributed by atoms with Crippen LogP contribution in [0.3, 0.4) is 0 Å². The summed E-state index contributed by atoms with van der Waals surface area (Å²) >= 11 is 1.72. The Labute approximate surface area is 334 Å². The van der Waals surface area contributed by atoms with E-state index in [9.17, 15) is 0 Å². The first-order valence-electron chi connectivity index (χ1n) is 19.2. The Kier molecular flexibility index (Phi) is 8.01. The van der Waals surface area contributed by atoms with E-state index in [1.165, 1.54) is 33.0 Å². The number of rotatable bonds is 7. The highest BCUT2D eigenvalue weighted by Gasteiger charge is 2.18. The van der Waals surface area contributed by atoms with Gasteiger partial charge in [0.25, 0.3) is 0 Å². The molecule has 11 rings (SSSR count). The van der Waals surface area contributed by atoms with Crippen molar-refractivity contribution in [1.29, 1.82) is 0 Å². The SMILES string of the molecule is c1ccc(-c2nc3ccc4oc5ccc(-c6ccc(N(c7ccccc7)c7cccc(-c8ccc(-c9ccccc9)c9ccccc89)c7)cc6)cc5c4c3s2)cc1. The average molecular weight is 747 g/mol. The number of aromatic nitrogens is 1. The minimum atomic E-state index is 0.880. The molecule has 0 radical (unpaired) electrons. The van der Waals surface area contributed by atoms with Crippen LogP contribution < -0.4 is 4.90 Å². The molecule has 0 amide bonds. The summed E-state index contributed by atoms with van der Waals surface area (Å²) in [6, 6.07) is 73.4. The number of fused-ring (bicyclic) bond motifs is 6. The van der Waals surface area contributed by atoms with Gasteiger partial charge in [-0.25, -0.2) is 4.98 Å². The maximum absolute atomic E-state index is 6.38. The van der Waals surface area contributed by atoms with Crippen molar-refractivity contribution in [2.45, 2.75) is 0 Å². The van der Waals surface area contributed by atoms with E-state index in [0.717, 1.165) is 70.9 Å². The zero-order valence-electron chi connectivity index (χ0n) is 30.8. The van der Waals surface area contributed by atoms with Gasteiger partial charge in [0.05, 0.1) is 10.2 Å². The summed E-state index contributed by atoms with van der Waals surface area (Å²) in [5.74, 6) is 0. The van der Waals surface area contributed by atoms with Gasteiger partial charge < -0.3 is 9.32 Å². The molecule has 2 aromatic heterocycles. The summed E-state index contributed by atoms with van der Waals surface area (Å²) in [6.45, 7) is 0. The number of anilines is 3. The number of benzene rings is 9. The summed E-state index contributed by atoms with van der Waals surface area (Å²) in [7, 11) is 0. The summed E-state index contributed by atoms with van der Waals surface area (Å²) in [5.41, 5.74) is 14.3. The van der Waals surface area contributed by atoms with Crippen LogP contribution in [0, 0.1) is 0 Å². The van der Waals surface area contributed by atoms with Crippen LogP contribution in [0.25, 0.3) is 86.9 Å². The first-order chi connectivity index (χ1) is 28.2. The van der Waals surface area contributed by atoms with Crippen molar-refractivity contribution in [3.05, 3.63) is 206 Å². The molecule has 0 aliphatic rings. The highest BCUT2D eigenvalue weighted by molar-refractivity contribution is 7.22. The second kappa shape index (κ2) is 13.8. The van der Waals surface area contributed by atoms with Gasteiger partial charge in [-0.2, -0.15) is 0 Å². The molecule has 0 N–H and O–H groups in total. The fraction of sp³-hybridized carbons (Fsp3) is 0. The minimum absolute atomic E-state index is 0.880. The molecule has 268 valence electrons. The van der Waals surface area contributed by atoms with Crippen molar-refractivity contribution in [2.75, 3.05) is 4.90 Å². The molecule has 0 spiro atoms. The van der Waals surface area contributed by atoms with Gasteiger partial charge in [0.1, 0.15) is 16.2 Å². The maximum Gasteiger partial charge on any atom is 0.137 e. The molecule has 2 heterocycles. The zero-order valence-corrected chi connectivity index (χ0v) is 31.7. The van der Waals surface area contributed by atoms with Gasteiger partial charge in [-0.3, -0.25) is 0 Å². The van der Waals surface area contributed by atoms with Crippen LogP contribution >= 0.6 is 11.3 Å².